The zero-order chi connectivity index (χ0) is 13.7. The van der Waals surface area contributed by atoms with Gasteiger partial charge in [0.1, 0.15) is 5.75 Å². The first-order valence-electron chi connectivity index (χ1n) is 5.82. The molecular weight excluding hydrogens is 282 g/mol. The number of hydrogen-bond acceptors (Lipinski definition) is 5. The Morgan fingerprint density at radius 3 is 3.00 bits per heavy atom. The lowest BCUT2D eigenvalue weighted by molar-refractivity contribution is 0.340. The highest BCUT2D eigenvalue weighted by Gasteiger charge is 2.01. The topological polar surface area (TPSA) is 46.5 Å². The van der Waals surface area contributed by atoms with Gasteiger partial charge in [-0.1, -0.05) is 11.6 Å². The maximum atomic E-state index is 6.09. The van der Waals surface area contributed by atoms with Crippen molar-refractivity contribution in [3.05, 3.63) is 39.9 Å². The molecule has 0 fully saturated rings. The number of thiazole rings is 1. The Balaban J connectivity index is 2.00. The number of nitrogens with zero attached hydrogens (tertiary/aromatic N) is 2. The van der Waals surface area contributed by atoms with Crippen LogP contribution in [0.4, 0.5) is 5.13 Å². The average molecular weight is 296 g/mol. The van der Waals surface area contributed by atoms with Crippen LogP contribution in [-0.2, 0) is 0 Å². The molecule has 0 atom stereocenters. The third-order valence-electron chi connectivity index (χ3n) is 2.25. The fraction of sp³-hybridized carbons (Fsp3) is 0.231. The Labute approximate surface area is 121 Å². The maximum Gasteiger partial charge on any atom is 0.203 e. The number of benzene rings is 1. The van der Waals surface area contributed by atoms with Crippen molar-refractivity contribution >= 4 is 34.3 Å². The molecule has 0 saturated carbocycles. The molecule has 0 amide bonds. The zero-order valence-corrected chi connectivity index (χ0v) is 12.3. The predicted molar refractivity (Wildman–Crippen MR) is 80.7 cm³/mol. The first kappa shape index (κ1) is 13.8. The summed E-state index contributed by atoms with van der Waals surface area (Å²) in [7, 11) is 0. The highest BCUT2D eigenvalue weighted by Crippen LogP contribution is 2.24. The molecule has 0 unspecified atom stereocenters. The quantitative estimate of drug-likeness (QED) is 0.671. The summed E-state index contributed by atoms with van der Waals surface area (Å²) in [6, 6.07) is 5.54. The molecule has 4 nitrogen and oxygen atoms in total. The van der Waals surface area contributed by atoms with Gasteiger partial charge in [-0.3, -0.25) is 5.43 Å². The van der Waals surface area contributed by atoms with E-state index in [1.807, 2.05) is 37.4 Å². The van der Waals surface area contributed by atoms with Crippen molar-refractivity contribution in [2.24, 2.45) is 5.10 Å². The van der Waals surface area contributed by atoms with Gasteiger partial charge in [0.15, 0.2) is 0 Å². The monoisotopic (exact) mass is 295 g/mol. The normalized spacial score (nSPS) is 10.9. The van der Waals surface area contributed by atoms with E-state index in [9.17, 15) is 0 Å². The molecule has 19 heavy (non-hydrogen) atoms. The van der Waals surface area contributed by atoms with E-state index < -0.39 is 0 Å². The second kappa shape index (κ2) is 6.54. The molecule has 1 aromatic carbocycles. The zero-order valence-electron chi connectivity index (χ0n) is 10.7. The third-order valence-corrected chi connectivity index (χ3v) is 3.41. The number of halogens is 1. The van der Waals surface area contributed by atoms with Crippen molar-refractivity contribution in [3.8, 4) is 5.75 Å². The number of hydrogen-bond donors (Lipinski definition) is 1. The van der Waals surface area contributed by atoms with Crippen LogP contribution in [0, 0.1) is 6.92 Å². The maximum absolute atomic E-state index is 6.09. The summed E-state index contributed by atoms with van der Waals surface area (Å²) in [5.41, 5.74) is 4.75. The number of rotatable bonds is 5. The molecule has 1 N–H and O–H groups in total. The average Bonchev–Trinajstić information content (AvgIpc) is 2.79. The molecular formula is C13H14ClN3OS. The van der Waals surface area contributed by atoms with Gasteiger partial charge in [-0.2, -0.15) is 5.10 Å². The van der Waals surface area contributed by atoms with Crippen LogP contribution in [-0.4, -0.2) is 17.8 Å². The molecule has 0 aliphatic carbocycles. The van der Waals surface area contributed by atoms with Crippen molar-refractivity contribution in [2.45, 2.75) is 13.8 Å². The number of aromatic nitrogens is 1. The highest BCUT2D eigenvalue weighted by atomic mass is 35.5. The number of aryl methyl sites for hydroxylation is 1. The van der Waals surface area contributed by atoms with Crippen molar-refractivity contribution in [1.29, 1.82) is 0 Å². The van der Waals surface area contributed by atoms with E-state index in [1.54, 1.807) is 6.21 Å². The van der Waals surface area contributed by atoms with Gasteiger partial charge >= 0.3 is 0 Å². The smallest absolute Gasteiger partial charge is 0.203 e. The number of nitrogens with one attached hydrogen (secondary N) is 1. The molecule has 0 radical (unpaired) electrons. The van der Waals surface area contributed by atoms with Gasteiger partial charge in [-0.25, -0.2) is 4.98 Å². The SMILES string of the molecule is CCOc1ccc(/C=N\Nc2nc(C)cs2)cc1Cl. The van der Waals surface area contributed by atoms with Crippen molar-refractivity contribution in [3.63, 3.8) is 0 Å². The van der Waals surface area contributed by atoms with E-state index in [4.69, 9.17) is 16.3 Å². The first-order valence-corrected chi connectivity index (χ1v) is 7.08. The van der Waals surface area contributed by atoms with Crippen molar-refractivity contribution in [1.82, 2.24) is 4.98 Å². The molecule has 0 aliphatic rings. The fourth-order valence-corrected chi connectivity index (χ4v) is 2.32. The van der Waals surface area contributed by atoms with E-state index >= 15 is 0 Å². The van der Waals surface area contributed by atoms with Gasteiger partial charge in [0, 0.05) is 5.38 Å². The lowest BCUT2D eigenvalue weighted by Gasteiger charge is -2.05. The summed E-state index contributed by atoms with van der Waals surface area (Å²) < 4.78 is 5.37. The molecule has 0 saturated heterocycles. The number of ether oxygens (including phenoxy) is 1. The van der Waals surface area contributed by atoms with Gasteiger partial charge < -0.3 is 4.74 Å². The molecule has 2 aromatic rings. The third kappa shape index (κ3) is 3.94. The van der Waals surface area contributed by atoms with Crippen LogP contribution in [0.15, 0.2) is 28.7 Å². The lowest BCUT2D eigenvalue weighted by Crippen LogP contribution is -1.94. The first-order chi connectivity index (χ1) is 9.19. The predicted octanol–water partition coefficient (Wildman–Crippen LogP) is 3.95. The summed E-state index contributed by atoms with van der Waals surface area (Å²) >= 11 is 7.60. The van der Waals surface area contributed by atoms with Gasteiger partial charge in [0.05, 0.1) is 23.5 Å². The molecule has 0 spiro atoms. The summed E-state index contributed by atoms with van der Waals surface area (Å²) in [6.07, 6.45) is 1.69. The van der Waals surface area contributed by atoms with E-state index in [2.05, 4.69) is 15.5 Å². The summed E-state index contributed by atoms with van der Waals surface area (Å²) in [6.45, 7) is 4.46. The fourth-order valence-electron chi connectivity index (χ4n) is 1.44. The molecule has 1 heterocycles. The van der Waals surface area contributed by atoms with Crippen molar-refractivity contribution < 1.29 is 4.74 Å². The van der Waals surface area contributed by atoms with Gasteiger partial charge in [-0.05, 0) is 37.6 Å². The standard InChI is InChI=1S/C13H14ClN3OS/c1-3-18-12-5-4-10(6-11(12)14)7-15-17-13-16-9(2)8-19-13/h4-8H,3H2,1-2H3,(H,16,17)/b15-7-. The Bertz CT molecular complexity index is 583. The Hall–Kier alpha value is -1.59. The molecule has 6 heteroatoms. The molecule has 100 valence electrons. The van der Waals surface area contributed by atoms with E-state index in [-0.39, 0.29) is 0 Å². The second-order valence-electron chi connectivity index (χ2n) is 3.79. The van der Waals surface area contributed by atoms with Crippen LogP contribution in [0.3, 0.4) is 0 Å². The van der Waals surface area contributed by atoms with Gasteiger partial charge in [0.2, 0.25) is 5.13 Å². The lowest BCUT2D eigenvalue weighted by atomic mass is 10.2. The minimum Gasteiger partial charge on any atom is -0.492 e. The number of anilines is 1. The Kier molecular flexibility index (Phi) is 4.76. The van der Waals surface area contributed by atoms with E-state index in [0.717, 1.165) is 16.4 Å². The summed E-state index contributed by atoms with van der Waals surface area (Å²) in [4.78, 5) is 4.25. The molecule has 1 aromatic heterocycles. The van der Waals surface area contributed by atoms with Crippen LogP contribution < -0.4 is 10.2 Å². The summed E-state index contributed by atoms with van der Waals surface area (Å²) in [5, 5.41) is 7.43. The molecule has 2 rings (SSSR count). The highest BCUT2D eigenvalue weighted by molar-refractivity contribution is 7.13. The molecule has 0 bridgehead atoms. The summed E-state index contributed by atoms with van der Waals surface area (Å²) in [5.74, 6) is 0.685. The Morgan fingerprint density at radius 1 is 1.53 bits per heavy atom. The van der Waals surface area contributed by atoms with Crippen molar-refractivity contribution in [2.75, 3.05) is 12.0 Å². The number of hydrazone groups is 1. The van der Waals surface area contributed by atoms with Crippen LogP contribution in [0.5, 0.6) is 5.75 Å². The Morgan fingerprint density at radius 2 is 2.37 bits per heavy atom. The van der Waals surface area contributed by atoms with Crippen LogP contribution >= 0.6 is 22.9 Å². The van der Waals surface area contributed by atoms with E-state index in [1.165, 1.54) is 11.3 Å². The minimum absolute atomic E-state index is 0.580. The van der Waals surface area contributed by atoms with Gasteiger partial charge in [-0.15, -0.1) is 11.3 Å². The van der Waals surface area contributed by atoms with Crippen LogP contribution in [0.1, 0.15) is 18.2 Å². The second-order valence-corrected chi connectivity index (χ2v) is 5.05. The van der Waals surface area contributed by atoms with E-state index in [0.29, 0.717) is 17.4 Å². The minimum atomic E-state index is 0.580. The molecule has 0 aliphatic heterocycles. The largest absolute Gasteiger partial charge is 0.492 e. The van der Waals surface area contributed by atoms with Gasteiger partial charge in [0.25, 0.3) is 0 Å². The van der Waals surface area contributed by atoms with Crippen LogP contribution in [0.25, 0.3) is 0 Å². The van der Waals surface area contributed by atoms with Crippen LogP contribution in [0.2, 0.25) is 5.02 Å².